The maximum atomic E-state index is 12.5. The number of hydrogen-bond acceptors (Lipinski definition) is 2. The summed E-state index contributed by atoms with van der Waals surface area (Å²) in [6.45, 7) is 3.89. The second kappa shape index (κ2) is 5.69. The molecule has 0 atom stereocenters. The molecule has 0 saturated heterocycles. The number of nitrogens with one attached hydrogen (secondary N) is 1. The van der Waals surface area contributed by atoms with Gasteiger partial charge in [-0.15, -0.1) is 0 Å². The summed E-state index contributed by atoms with van der Waals surface area (Å²) in [6.07, 6.45) is 1.74. The van der Waals surface area contributed by atoms with Crippen LogP contribution in [0.15, 0.2) is 57.8 Å². The number of aromatic hydroxyl groups is 1. The lowest BCUT2D eigenvalue weighted by molar-refractivity contribution is 0.472. The van der Waals surface area contributed by atoms with Crippen molar-refractivity contribution in [1.82, 2.24) is 9.78 Å². The highest BCUT2D eigenvalue weighted by atomic mass is 79.9. The van der Waals surface area contributed by atoms with Crippen LogP contribution < -0.4 is 16.1 Å². The second-order valence-corrected chi connectivity index (χ2v) is 5.69. The van der Waals surface area contributed by atoms with Crippen molar-refractivity contribution in [2.24, 2.45) is 0 Å². The normalized spacial score (nSPS) is 11.8. The topological polar surface area (TPSA) is 58.0 Å². The van der Waals surface area contributed by atoms with E-state index in [4.69, 9.17) is 0 Å². The lowest BCUT2D eigenvalue weighted by atomic mass is 10.2. The number of nitrogens with zero attached hydrogens (tertiary/aromatic N) is 1. The zero-order valence-electron chi connectivity index (χ0n) is 11.6. The van der Waals surface area contributed by atoms with Gasteiger partial charge in [0.05, 0.1) is 20.7 Å². The molecular weight excluding hydrogens is 344 g/mol. The molecule has 1 aromatic heterocycles. The molecule has 0 aliphatic heterocycles. The smallest absolute Gasteiger partial charge is 0.279 e. The molecule has 4 nitrogen and oxygen atoms in total. The molecule has 0 spiro atoms. The van der Waals surface area contributed by atoms with Crippen molar-refractivity contribution < 1.29 is 5.11 Å². The van der Waals surface area contributed by atoms with Gasteiger partial charge in [0.2, 0.25) is 0 Å². The summed E-state index contributed by atoms with van der Waals surface area (Å²) in [7, 11) is 0. The first-order valence-corrected chi connectivity index (χ1v) is 7.41. The van der Waals surface area contributed by atoms with Gasteiger partial charge in [-0.1, -0.05) is 30.8 Å². The van der Waals surface area contributed by atoms with Crippen molar-refractivity contribution in [2.45, 2.75) is 0 Å². The molecule has 0 amide bonds. The summed E-state index contributed by atoms with van der Waals surface area (Å²) < 4.78 is 2.04. The van der Waals surface area contributed by atoms with Gasteiger partial charge in [0.25, 0.3) is 5.56 Å². The molecule has 5 heteroatoms. The molecule has 0 fully saturated rings. The Morgan fingerprint density at radius 2 is 1.91 bits per heavy atom. The Morgan fingerprint density at radius 3 is 2.59 bits per heavy atom. The average molecular weight is 357 g/mol. The van der Waals surface area contributed by atoms with E-state index < -0.39 is 0 Å². The number of phenols is 1. The van der Waals surface area contributed by atoms with E-state index in [2.05, 4.69) is 27.6 Å². The van der Waals surface area contributed by atoms with Crippen LogP contribution in [0, 0.1) is 0 Å². The molecule has 0 bridgehead atoms. The van der Waals surface area contributed by atoms with Crippen molar-refractivity contribution >= 4 is 28.6 Å². The fourth-order valence-electron chi connectivity index (χ4n) is 2.18. The molecule has 1 heterocycles. The third kappa shape index (κ3) is 2.63. The first-order chi connectivity index (χ1) is 10.6. The highest BCUT2D eigenvalue weighted by Crippen LogP contribution is 2.24. The predicted octanol–water partition coefficient (Wildman–Crippen LogP) is 1.87. The van der Waals surface area contributed by atoms with Gasteiger partial charge in [-0.05, 0) is 51.8 Å². The third-order valence-electron chi connectivity index (χ3n) is 3.30. The van der Waals surface area contributed by atoms with Gasteiger partial charge in [0.15, 0.2) is 0 Å². The van der Waals surface area contributed by atoms with Crippen LogP contribution in [0.5, 0.6) is 5.75 Å². The molecule has 0 aliphatic carbocycles. The third-order valence-corrected chi connectivity index (χ3v) is 3.94. The summed E-state index contributed by atoms with van der Waals surface area (Å²) >= 11 is 3.26. The van der Waals surface area contributed by atoms with Gasteiger partial charge in [-0.3, -0.25) is 9.89 Å². The van der Waals surface area contributed by atoms with Crippen LogP contribution in [0.1, 0.15) is 5.56 Å². The lowest BCUT2D eigenvalue weighted by Crippen LogP contribution is -2.33. The molecule has 0 aliphatic rings. The van der Waals surface area contributed by atoms with E-state index in [0.717, 1.165) is 11.3 Å². The van der Waals surface area contributed by atoms with Crippen LogP contribution in [0.3, 0.4) is 0 Å². The van der Waals surface area contributed by atoms with Gasteiger partial charge >= 0.3 is 0 Å². The number of rotatable bonds is 2. The average Bonchev–Trinajstić information content (AvgIpc) is 2.80. The van der Waals surface area contributed by atoms with Gasteiger partial charge in [0, 0.05) is 0 Å². The minimum Gasteiger partial charge on any atom is -0.507 e. The minimum absolute atomic E-state index is 0.155. The number of H-pyrrole nitrogens is 1. The molecule has 0 unspecified atom stereocenters. The highest BCUT2D eigenvalue weighted by molar-refractivity contribution is 9.10. The second-order valence-electron chi connectivity index (χ2n) is 4.84. The van der Waals surface area contributed by atoms with Crippen molar-refractivity contribution in [3.8, 4) is 11.4 Å². The number of aromatic amines is 1. The number of phenolic OH excluding ortho intramolecular Hbond substituents is 1. The van der Waals surface area contributed by atoms with Crippen LogP contribution in [-0.4, -0.2) is 14.9 Å². The molecule has 0 saturated carbocycles. The zero-order chi connectivity index (χ0) is 15.7. The summed E-state index contributed by atoms with van der Waals surface area (Å²) in [5.74, 6) is 0.155. The zero-order valence-corrected chi connectivity index (χ0v) is 13.2. The highest BCUT2D eigenvalue weighted by Gasteiger charge is 2.04. The molecule has 3 rings (SSSR count). The van der Waals surface area contributed by atoms with Crippen LogP contribution in [0.2, 0.25) is 0 Å². The lowest BCUT2D eigenvalue weighted by Gasteiger charge is -1.99. The van der Waals surface area contributed by atoms with E-state index >= 15 is 0 Å². The van der Waals surface area contributed by atoms with E-state index in [9.17, 15) is 9.90 Å². The fraction of sp³-hybridized carbons (Fsp3) is 0. The van der Waals surface area contributed by atoms with Crippen molar-refractivity contribution in [3.63, 3.8) is 0 Å². The Bertz CT molecular complexity index is 988. The minimum atomic E-state index is -0.166. The van der Waals surface area contributed by atoms with Gasteiger partial charge in [0.1, 0.15) is 5.75 Å². The SMILES string of the molecule is C=c1[nH]n(-c2ccccc2)c(=O)c1=Cc1ccc(O)c(Br)c1. The molecule has 0 radical (unpaired) electrons. The Balaban J connectivity index is 2.19. The van der Waals surface area contributed by atoms with E-state index in [0.29, 0.717) is 15.0 Å². The number of aromatic nitrogens is 2. The standard InChI is InChI=1S/C17H13BrN2O2/c1-11-14(9-12-7-8-16(21)15(18)10-12)17(22)20(19-11)13-5-3-2-4-6-13/h2-10,19,21H,1H2. The Morgan fingerprint density at radius 1 is 1.18 bits per heavy atom. The van der Waals surface area contributed by atoms with Crippen LogP contribution in [-0.2, 0) is 0 Å². The van der Waals surface area contributed by atoms with E-state index in [-0.39, 0.29) is 11.3 Å². The quantitative estimate of drug-likeness (QED) is 0.736. The summed E-state index contributed by atoms with van der Waals surface area (Å²) in [4.78, 5) is 12.5. The summed E-state index contributed by atoms with van der Waals surface area (Å²) in [5, 5.41) is 13.5. The maximum absolute atomic E-state index is 12.5. The van der Waals surface area contributed by atoms with Gasteiger partial charge < -0.3 is 5.11 Å². The Hall–Kier alpha value is -2.53. The number of para-hydroxylation sites is 1. The van der Waals surface area contributed by atoms with Gasteiger partial charge in [-0.25, -0.2) is 4.68 Å². The molecular formula is C17H13BrN2O2. The molecule has 2 aromatic carbocycles. The maximum Gasteiger partial charge on any atom is 0.279 e. The first-order valence-electron chi connectivity index (χ1n) is 6.62. The summed E-state index contributed by atoms with van der Waals surface area (Å²) in [5.41, 5.74) is 1.38. The first kappa shape index (κ1) is 14.4. The summed E-state index contributed by atoms with van der Waals surface area (Å²) in [6, 6.07) is 14.4. The fourth-order valence-corrected chi connectivity index (χ4v) is 2.58. The van der Waals surface area contributed by atoms with Crippen LogP contribution >= 0.6 is 15.9 Å². The van der Waals surface area contributed by atoms with Crippen molar-refractivity contribution in [2.75, 3.05) is 0 Å². The number of halogens is 1. The molecule has 2 N–H and O–H groups in total. The number of benzene rings is 2. The molecule has 3 aromatic rings. The number of hydrogen-bond donors (Lipinski definition) is 2. The van der Waals surface area contributed by atoms with E-state index in [1.165, 1.54) is 4.68 Å². The van der Waals surface area contributed by atoms with Crippen molar-refractivity contribution in [1.29, 1.82) is 0 Å². The molecule has 110 valence electrons. The predicted molar refractivity (Wildman–Crippen MR) is 90.5 cm³/mol. The van der Waals surface area contributed by atoms with Crippen molar-refractivity contribution in [3.05, 3.63) is 79.5 Å². The monoisotopic (exact) mass is 356 g/mol. The Labute approximate surface area is 134 Å². The largest absolute Gasteiger partial charge is 0.507 e. The van der Waals surface area contributed by atoms with Crippen LogP contribution in [0.25, 0.3) is 18.3 Å². The van der Waals surface area contributed by atoms with Gasteiger partial charge in [-0.2, -0.15) is 0 Å². The van der Waals surface area contributed by atoms with Crippen LogP contribution in [0.4, 0.5) is 0 Å². The van der Waals surface area contributed by atoms with E-state index in [1.54, 1.807) is 24.3 Å². The van der Waals surface area contributed by atoms with E-state index in [1.807, 2.05) is 30.3 Å². The Kier molecular flexibility index (Phi) is 3.73. The molecule has 22 heavy (non-hydrogen) atoms.